The Morgan fingerprint density at radius 2 is 2.14 bits per heavy atom. The molecule has 0 bridgehead atoms. The van der Waals surface area contributed by atoms with Crippen LogP contribution in [0.1, 0.15) is 24.1 Å². The van der Waals surface area contributed by atoms with E-state index in [4.69, 9.17) is 11.6 Å². The number of hydrogen-bond acceptors (Lipinski definition) is 5. The molecule has 0 saturated heterocycles. The largest absolute Gasteiger partial charge is 0.358 e. The minimum Gasteiger partial charge on any atom is -0.358 e. The van der Waals surface area contributed by atoms with E-state index in [9.17, 15) is 14.5 Å². The van der Waals surface area contributed by atoms with Crippen LogP contribution >= 0.6 is 11.6 Å². The van der Waals surface area contributed by atoms with E-state index in [1.54, 1.807) is 26.0 Å². The predicted octanol–water partition coefficient (Wildman–Crippen LogP) is 3.66. The summed E-state index contributed by atoms with van der Waals surface area (Å²) in [6.07, 6.45) is 1.13. The third-order valence-electron chi connectivity index (χ3n) is 3.01. The number of nitro groups is 1. The lowest BCUT2D eigenvalue weighted by Crippen LogP contribution is -2.11. The van der Waals surface area contributed by atoms with Gasteiger partial charge in [0, 0.05) is 0 Å². The summed E-state index contributed by atoms with van der Waals surface area (Å²) in [4.78, 5) is 17.7. The highest BCUT2D eigenvalue weighted by molar-refractivity contribution is 6.31. The Labute approximate surface area is 125 Å². The first-order valence-corrected chi connectivity index (χ1v) is 6.45. The van der Waals surface area contributed by atoms with E-state index in [0.717, 1.165) is 6.33 Å². The van der Waals surface area contributed by atoms with Crippen molar-refractivity contribution in [3.8, 4) is 0 Å². The third-order valence-corrected chi connectivity index (χ3v) is 3.29. The van der Waals surface area contributed by atoms with Gasteiger partial charge in [0.25, 0.3) is 0 Å². The van der Waals surface area contributed by atoms with Gasteiger partial charge >= 0.3 is 5.69 Å². The molecule has 0 aliphatic heterocycles. The average Bonchev–Trinajstić information content (AvgIpc) is 2.41. The molecule has 0 aliphatic rings. The second-order valence-electron chi connectivity index (χ2n) is 4.49. The highest BCUT2D eigenvalue weighted by Gasteiger charge is 2.23. The molecular formula is C13H12ClFN4O2. The van der Waals surface area contributed by atoms with Crippen LogP contribution in [0, 0.1) is 22.9 Å². The molecule has 2 aromatic rings. The molecule has 1 aromatic carbocycles. The number of nitrogens with zero attached hydrogens (tertiary/aromatic N) is 3. The number of benzene rings is 1. The summed E-state index contributed by atoms with van der Waals surface area (Å²) in [5, 5.41) is 13.6. The predicted molar refractivity (Wildman–Crippen MR) is 76.9 cm³/mol. The number of aryl methyl sites for hydroxylation is 1. The first-order valence-electron chi connectivity index (χ1n) is 6.07. The normalized spacial score (nSPS) is 12.0. The van der Waals surface area contributed by atoms with E-state index in [1.165, 1.54) is 6.07 Å². The van der Waals surface area contributed by atoms with Crippen LogP contribution in [-0.2, 0) is 0 Å². The van der Waals surface area contributed by atoms with Gasteiger partial charge in [-0.15, -0.1) is 0 Å². The third kappa shape index (κ3) is 3.25. The Kier molecular flexibility index (Phi) is 4.32. The van der Waals surface area contributed by atoms with E-state index in [-0.39, 0.29) is 22.8 Å². The summed E-state index contributed by atoms with van der Waals surface area (Å²) in [5.74, 6) is -0.343. The number of anilines is 1. The van der Waals surface area contributed by atoms with Crippen LogP contribution < -0.4 is 5.32 Å². The molecule has 1 atom stereocenters. The van der Waals surface area contributed by atoms with Crippen molar-refractivity contribution in [1.29, 1.82) is 0 Å². The summed E-state index contributed by atoms with van der Waals surface area (Å²) >= 11 is 5.71. The van der Waals surface area contributed by atoms with E-state index in [2.05, 4.69) is 15.3 Å². The SMILES string of the molecule is Cc1ccc(C(C)Nc2ncnc(Cl)c2[N+](=O)[O-])cc1F. The van der Waals surface area contributed by atoms with Crippen molar-refractivity contribution >= 4 is 23.1 Å². The quantitative estimate of drug-likeness (QED) is 0.529. The Hall–Kier alpha value is -2.28. The van der Waals surface area contributed by atoms with E-state index in [0.29, 0.717) is 11.1 Å². The molecule has 1 unspecified atom stereocenters. The number of aromatic nitrogens is 2. The maximum Gasteiger partial charge on any atom is 0.348 e. The summed E-state index contributed by atoms with van der Waals surface area (Å²) in [6.45, 7) is 3.40. The van der Waals surface area contributed by atoms with Gasteiger partial charge in [0.2, 0.25) is 11.0 Å². The van der Waals surface area contributed by atoms with Gasteiger partial charge in [-0.1, -0.05) is 23.7 Å². The average molecular weight is 311 g/mol. The Morgan fingerprint density at radius 1 is 1.43 bits per heavy atom. The van der Waals surface area contributed by atoms with Crippen molar-refractivity contribution in [2.45, 2.75) is 19.9 Å². The standard InChI is InChI=1S/C13H12ClFN4O2/c1-7-3-4-9(5-10(7)15)8(2)18-13-11(19(20)21)12(14)16-6-17-13/h3-6,8H,1-2H3,(H,16,17,18). The lowest BCUT2D eigenvalue weighted by Gasteiger charge is -2.15. The Balaban J connectivity index is 2.31. The van der Waals surface area contributed by atoms with Crippen molar-refractivity contribution in [3.63, 3.8) is 0 Å². The molecule has 0 saturated carbocycles. The molecule has 8 heteroatoms. The van der Waals surface area contributed by atoms with Crippen LogP contribution in [0.3, 0.4) is 0 Å². The molecular weight excluding hydrogens is 299 g/mol. The van der Waals surface area contributed by atoms with Crippen LogP contribution in [-0.4, -0.2) is 14.9 Å². The number of hydrogen-bond donors (Lipinski definition) is 1. The van der Waals surface area contributed by atoms with Gasteiger partial charge in [-0.2, -0.15) is 0 Å². The second-order valence-corrected chi connectivity index (χ2v) is 4.85. The summed E-state index contributed by atoms with van der Waals surface area (Å²) < 4.78 is 13.6. The van der Waals surface area contributed by atoms with Crippen LogP contribution in [0.15, 0.2) is 24.5 Å². The summed E-state index contributed by atoms with van der Waals surface area (Å²) in [7, 11) is 0. The Morgan fingerprint density at radius 3 is 2.76 bits per heavy atom. The van der Waals surface area contributed by atoms with Gasteiger partial charge < -0.3 is 5.32 Å². The fraction of sp³-hybridized carbons (Fsp3) is 0.231. The van der Waals surface area contributed by atoms with Gasteiger partial charge in [0.1, 0.15) is 12.1 Å². The highest BCUT2D eigenvalue weighted by atomic mass is 35.5. The minimum atomic E-state index is -0.660. The number of halogens is 2. The second kappa shape index (κ2) is 6.01. The zero-order valence-electron chi connectivity index (χ0n) is 11.3. The van der Waals surface area contributed by atoms with Gasteiger partial charge in [-0.3, -0.25) is 10.1 Å². The van der Waals surface area contributed by atoms with Gasteiger partial charge in [-0.05, 0) is 31.0 Å². The smallest absolute Gasteiger partial charge is 0.348 e. The summed E-state index contributed by atoms with van der Waals surface area (Å²) in [5.41, 5.74) is 0.766. The molecule has 1 heterocycles. The van der Waals surface area contributed by atoms with E-state index in [1.807, 2.05) is 0 Å². The molecule has 0 spiro atoms. The molecule has 0 fully saturated rings. The van der Waals surface area contributed by atoms with Crippen molar-refractivity contribution in [1.82, 2.24) is 9.97 Å². The molecule has 6 nitrogen and oxygen atoms in total. The van der Waals surface area contributed by atoms with Gasteiger partial charge in [-0.25, -0.2) is 14.4 Å². The number of nitrogens with one attached hydrogen (secondary N) is 1. The van der Waals surface area contributed by atoms with Crippen molar-refractivity contribution in [2.24, 2.45) is 0 Å². The summed E-state index contributed by atoms with van der Waals surface area (Å²) in [6, 6.07) is 4.38. The maximum absolute atomic E-state index is 13.6. The van der Waals surface area contributed by atoms with Gasteiger partial charge in [0.15, 0.2) is 0 Å². The van der Waals surface area contributed by atoms with E-state index >= 15 is 0 Å². The molecule has 1 aromatic heterocycles. The molecule has 0 amide bonds. The van der Waals surface area contributed by atoms with Crippen molar-refractivity contribution in [2.75, 3.05) is 5.32 Å². The number of rotatable bonds is 4. The van der Waals surface area contributed by atoms with Crippen LogP contribution in [0.5, 0.6) is 0 Å². The van der Waals surface area contributed by atoms with Crippen LogP contribution in [0.25, 0.3) is 0 Å². The first kappa shape index (κ1) is 15.1. The topological polar surface area (TPSA) is 81.0 Å². The molecule has 21 heavy (non-hydrogen) atoms. The molecule has 1 N–H and O–H groups in total. The zero-order valence-corrected chi connectivity index (χ0v) is 12.1. The monoisotopic (exact) mass is 310 g/mol. The fourth-order valence-corrected chi connectivity index (χ4v) is 1.99. The first-order chi connectivity index (χ1) is 9.90. The molecule has 0 aliphatic carbocycles. The molecule has 2 rings (SSSR count). The zero-order chi connectivity index (χ0) is 15.6. The van der Waals surface area contributed by atoms with Crippen LogP contribution in [0.4, 0.5) is 15.9 Å². The van der Waals surface area contributed by atoms with Gasteiger partial charge in [0.05, 0.1) is 11.0 Å². The minimum absolute atomic E-state index is 0.00603. The highest BCUT2D eigenvalue weighted by Crippen LogP contribution is 2.31. The molecule has 0 radical (unpaired) electrons. The molecule has 110 valence electrons. The Bertz CT molecular complexity index is 696. The maximum atomic E-state index is 13.6. The van der Waals surface area contributed by atoms with E-state index < -0.39 is 10.6 Å². The lowest BCUT2D eigenvalue weighted by atomic mass is 10.1. The van der Waals surface area contributed by atoms with Crippen molar-refractivity contribution in [3.05, 3.63) is 56.7 Å². The fourth-order valence-electron chi connectivity index (χ4n) is 1.79. The van der Waals surface area contributed by atoms with Crippen LogP contribution in [0.2, 0.25) is 5.15 Å². The lowest BCUT2D eigenvalue weighted by molar-refractivity contribution is -0.384. The van der Waals surface area contributed by atoms with Crippen molar-refractivity contribution < 1.29 is 9.31 Å².